The van der Waals surface area contributed by atoms with Gasteiger partial charge in [-0.1, -0.05) is 58.3 Å². The Bertz CT molecular complexity index is 126. The quantitative estimate of drug-likeness (QED) is 0.502. The molecule has 0 saturated heterocycles. The third-order valence-electron chi connectivity index (χ3n) is 3.13. The molecular formula is C14H32N2. The summed E-state index contributed by atoms with van der Waals surface area (Å²) < 4.78 is 0. The lowest BCUT2D eigenvalue weighted by atomic mass is 10.1. The summed E-state index contributed by atoms with van der Waals surface area (Å²) in [5, 5.41) is 3.43. The van der Waals surface area contributed by atoms with E-state index in [4.69, 9.17) is 5.73 Å². The van der Waals surface area contributed by atoms with Gasteiger partial charge >= 0.3 is 0 Å². The van der Waals surface area contributed by atoms with Crippen LogP contribution in [0.5, 0.6) is 0 Å². The molecule has 0 aliphatic carbocycles. The number of hydrogen-bond donors (Lipinski definition) is 2. The van der Waals surface area contributed by atoms with E-state index in [1.54, 1.807) is 0 Å². The van der Waals surface area contributed by atoms with Crippen molar-refractivity contribution in [3.8, 4) is 0 Å². The number of unbranched alkanes of at least 4 members (excludes halogenated alkanes) is 7. The molecule has 0 aromatic rings. The Balaban J connectivity index is 3.02. The lowest BCUT2D eigenvalue weighted by molar-refractivity contribution is 0.481. The summed E-state index contributed by atoms with van der Waals surface area (Å²) in [6, 6.07) is 0.642. The van der Waals surface area contributed by atoms with Gasteiger partial charge in [-0.15, -0.1) is 0 Å². The summed E-state index contributed by atoms with van der Waals surface area (Å²) in [5.41, 5.74) is 5.45. The van der Waals surface area contributed by atoms with E-state index in [0.717, 1.165) is 13.1 Å². The van der Waals surface area contributed by atoms with Crippen molar-refractivity contribution in [2.24, 2.45) is 5.73 Å². The Labute approximate surface area is 102 Å². The Morgan fingerprint density at radius 1 is 0.938 bits per heavy atom. The van der Waals surface area contributed by atoms with E-state index in [0.29, 0.717) is 6.04 Å². The van der Waals surface area contributed by atoms with E-state index < -0.39 is 0 Å². The van der Waals surface area contributed by atoms with Gasteiger partial charge in [0.1, 0.15) is 0 Å². The molecule has 0 aliphatic rings. The molecule has 2 heteroatoms. The highest BCUT2D eigenvalue weighted by Crippen LogP contribution is 2.10. The van der Waals surface area contributed by atoms with Crippen LogP contribution in [0.3, 0.4) is 0 Å². The Morgan fingerprint density at radius 3 is 2.06 bits per heavy atom. The van der Waals surface area contributed by atoms with Crippen LogP contribution in [0.2, 0.25) is 0 Å². The predicted octanol–water partition coefficient (Wildman–Crippen LogP) is 3.45. The van der Waals surface area contributed by atoms with Crippen LogP contribution in [-0.4, -0.2) is 19.1 Å². The second-order valence-corrected chi connectivity index (χ2v) is 4.91. The summed E-state index contributed by atoms with van der Waals surface area (Å²) in [6.45, 7) is 6.24. The maximum Gasteiger partial charge on any atom is 0.00769 e. The zero-order valence-electron chi connectivity index (χ0n) is 11.4. The SMILES string of the molecule is CCCCCCCCCCC(C)NCCN. The maximum atomic E-state index is 5.45. The summed E-state index contributed by atoms with van der Waals surface area (Å²) in [7, 11) is 0. The molecule has 0 radical (unpaired) electrons. The molecular weight excluding hydrogens is 196 g/mol. The molecule has 0 spiro atoms. The van der Waals surface area contributed by atoms with Crippen molar-refractivity contribution in [2.45, 2.75) is 77.7 Å². The highest BCUT2D eigenvalue weighted by atomic mass is 14.9. The highest BCUT2D eigenvalue weighted by Gasteiger charge is 1.99. The van der Waals surface area contributed by atoms with E-state index in [1.165, 1.54) is 57.8 Å². The second kappa shape index (κ2) is 13.0. The third kappa shape index (κ3) is 12.0. The number of rotatable bonds is 12. The molecule has 0 fully saturated rings. The molecule has 0 bridgehead atoms. The van der Waals surface area contributed by atoms with E-state index in [-0.39, 0.29) is 0 Å². The lowest BCUT2D eigenvalue weighted by Gasteiger charge is -2.12. The van der Waals surface area contributed by atoms with Crippen LogP contribution in [0.1, 0.15) is 71.6 Å². The Kier molecular flexibility index (Phi) is 12.9. The molecule has 1 unspecified atom stereocenters. The van der Waals surface area contributed by atoms with Crippen LogP contribution in [0.4, 0.5) is 0 Å². The first-order valence-electron chi connectivity index (χ1n) is 7.24. The minimum absolute atomic E-state index is 0.642. The van der Waals surface area contributed by atoms with E-state index >= 15 is 0 Å². The summed E-state index contributed by atoms with van der Waals surface area (Å²) >= 11 is 0. The molecule has 0 aromatic heterocycles. The van der Waals surface area contributed by atoms with Crippen LogP contribution >= 0.6 is 0 Å². The average Bonchev–Trinajstić information content (AvgIpc) is 2.30. The van der Waals surface area contributed by atoms with Crippen LogP contribution in [0.15, 0.2) is 0 Å². The van der Waals surface area contributed by atoms with Crippen molar-refractivity contribution >= 4 is 0 Å². The molecule has 0 amide bonds. The summed E-state index contributed by atoms with van der Waals surface area (Å²) in [5.74, 6) is 0. The monoisotopic (exact) mass is 228 g/mol. The fraction of sp³-hybridized carbons (Fsp3) is 1.00. The van der Waals surface area contributed by atoms with Gasteiger partial charge in [0, 0.05) is 19.1 Å². The fourth-order valence-electron chi connectivity index (χ4n) is 2.02. The van der Waals surface area contributed by atoms with Crippen molar-refractivity contribution in [3.05, 3.63) is 0 Å². The minimum atomic E-state index is 0.642. The Hall–Kier alpha value is -0.0800. The van der Waals surface area contributed by atoms with Gasteiger partial charge < -0.3 is 11.1 Å². The van der Waals surface area contributed by atoms with Gasteiger partial charge in [0.25, 0.3) is 0 Å². The van der Waals surface area contributed by atoms with E-state index in [2.05, 4.69) is 19.2 Å². The van der Waals surface area contributed by atoms with Crippen LogP contribution in [0, 0.1) is 0 Å². The number of nitrogens with one attached hydrogen (secondary N) is 1. The van der Waals surface area contributed by atoms with E-state index in [9.17, 15) is 0 Å². The molecule has 0 aromatic carbocycles. The molecule has 0 heterocycles. The number of nitrogens with two attached hydrogens (primary N) is 1. The van der Waals surface area contributed by atoms with Gasteiger partial charge in [0.2, 0.25) is 0 Å². The van der Waals surface area contributed by atoms with E-state index in [1.807, 2.05) is 0 Å². The molecule has 16 heavy (non-hydrogen) atoms. The third-order valence-corrected chi connectivity index (χ3v) is 3.13. The minimum Gasteiger partial charge on any atom is -0.329 e. The van der Waals surface area contributed by atoms with Gasteiger partial charge in [-0.05, 0) is 13.3 Å². The van der Waals surface area contributed by atoms with Gasteiger partial charge in [-0.25, -0.2) is 0 Å². The largest absolute Gasteiger partial charge is 0.329 e. The zero-order chi connectivity index (χ0) is 12.1. The standard InChI is InChI=1S/C14H32N2/c1-3-4-5-6-7-8-9-10-11-14(2)16-13-12-15/h14,16H,3-13,15H2,1-2H3. The summed E-state index contributed by atoms with van der Waals surface area (Å²) in [4.78, 5) is 0. The van der Waals surface area contributed by atoms with Crippen LogP contribution in [0.25, 0.3) is 0 Å². The molecule has 0 saturated carbocycles. The first-order valence-corrected chi connectivity index (χ1v) is 7.24. The topological polar surface area (TPSA) is 38.0 Å². The van der Waals surface area contributed by atoms with Gasteiger partial charge in [0.15, 0.2) is 0 Å². The zero-order valence-corrected chi connectivity index (χ0v) is 11.4. The van der Waals surface area contributed by atoms with Gasteiger partial charge in [-0.3, -0.25) is 0 Å². The van der Waals surface area contributed by atoms with Crippen LogP contribution in [-0.2, 0) is 0 Å². The molecule has 2 nitrogen and oxygen atoms in total. The molecule has 0 aliphatic heterocycles. The second-order valence-electron chi connectivity index (χ2n) is 4.91. The van der Waals surface area contributed by atoms with Crippen molar-refractivity contribution in [1.29, 1.82) is 0 Å². The smallest absolute Gasteiger partial charge is 0.00769 e. The van der Waals surface area contributed by atoms with Crippen molar-refractivity contribution in [2.75, 3.05) is 13.1 Å². The highest BCUT2D eigenvalue weighted by molar-refractivity contribution is 4.60. The van der Waals surface area contributed by atoms with Crippen molar-refractivity contribution < 1.29 is 0 Å². The maximum absolute atomic E-state index is 5.45. The van der Waals surface area contributed by atoms with Gasteiger partial charge in [0.05, 0.1) is 0 Å². The molecule has 0 rings (SSSR count). The molecule has 98 valence electrons. The first kappa shape index (κ1) is 15.9. The fourth-order valence-corrected chi connectivity index (χ4v) is 2.02. The van der Waals surface area contributed by atoms with Gasteiger partial charge in [-0.2, -0.15) is 0 Å². The molecule has 3 N–H and O–H groups in total. The molecule has 1 atom stereocenters. The summed E-state index contributed by atoms with van der Waals surface area (Å²) in [6.07, 6.45) is 12.6. The first-order chi connectivity index (χ1) is 7.81. The predicted molar refractivity (Wildman–Crippen MR) is 73.7 cm³/mol. The lowest BCUT2D eigenvalue weighted by Crippen LogP contribution is -2.30. The number of hydrogen-bond acceptors (Lipinski definition) is 2. The van der Waals surface area contributed by atoms with Crippen molar-refractivity contribution in [1.82, 2.24) is 5.32 Å². The normalized spacial score (nSPS) is 12.9. The van der Waals surface area contributed by atoms with Crippen LogP contribution < -0.4 is 11.1 Å². The Morgan fingerprint density at radius 2 is 1.50 bits per heavy atom. The van der Waals surface area contributed by atoms with Crippen molar-refractivity contribution in [3.63, 3.8) is 0 Å². The average molecular weight is 228 g/mol.